The first kappa shape index (κ1) is 15.0. The maximum absolute atomic E-state index is 13.1. The molecule has 2 unspecified atom stereocenters. The number of benzene rings is 1. The molecule has 2 aliphatic rings. The molecular formula is C18H21FN2O. The highest BCUT2D eigenvalue weighted by atomic mass is 19.1. The number of allylic oxidation sites excluding steroid dienone is 3. The van der Waals surface area contributed by atoms with Crippen molar-refractivity contribution in [3.05, 3.63) is 53.0 Å². The molecule has 1 aromatic carbocycles. The van der Waals surface area contributed by atoms with Gasteiger partial charge in [0.1, 0.15) is 12.1 Å². The van der Waals surface area contributed by atoms with Crippen LogP contribution in [0.15, 0.2) is 47.2 Å². The maximum Gasteiger partial charge on any atom is 0.123 e. The minimum Gasteiger partial charge on any atom is -0.303 e. The molecule has 2 N–H and O–H groups in total. The standard InChI is InChI=1S/C18H21FN2O/c1-12-10-18(2)13(3-4-14(18)11-22)9-17(12)21(20)16-7-5-15(19)6-8-16/h5-9,11,14H,3-4,10,20H2,1-2H3. The topological polar surface area (TPSA) is 46.3 Å². The summed E-state index contributed by atoms with van der Waals surface area (Å²) in [5, 5.41) is 1.61. The summed E-state index contributed by atoms with van der Waals surface area (Å²) in [7, 11) is 0. The van der Waals surface area contributed by atoms with Gasteiger partial charge in [0.15, 0.2) is 0 Å². The molecular weight excluding hydrogens is 279 g/mol. The number of aldehydes is 1. The molecule has 4 heteroatoms. The molecule has 1 aromatic rings. The Balaban J connectivity index is 1.94. The average molecular weight is 300 g/mol. The maximum atomic E-state index is 13.1. The van der Waals surface area contributed by atoms with Crippen molar-refractivity contribution < 1.29 is 9.18 Å². The molecule has 0 heterocycles. The van der Waals surface area contributed by atoms with Crippen LogP contribution < -0.4 is 10.9 Å². The number of nitrogens with zero attached hydrogens (tertiary/aromatic N) is 1. The number of hydrogen-bond donors (Lipinski definition) is 1. The van der Waals surface area contributed by atoms with Gasteiger partial charge in [0.2, 0.25) is 0 Å². The predicted octanol–water partition coefficient (Wildman–Crippen LogP) is 3.73. The molecule has 0 spiro atoms. The first-order valence-corrected chi connectivity index (χ1v) is 7.62. The summed E-state index contributed by atoms with van der Waals surface area (Å²) in [4.78, 5) is 11.3. The van der Waals surface area contributed by atoms with Gasteiger partial charge < -0.3 is 4.79 Å². The molecule has 0 saturated heterocycles. The van der Waals surface area contributed by atoms with Gasteiger partial charge in [-0.15, -0.1) is 0 Å². The van der Waals surface area contributed by atoms with Gasteiger partial charge in [-0.2, -0.15) is 0 Å². The Morgan fingerprint density at radius 3 is 2.68 bits per heavy atom. The van der Waals surface area contributed by atoms with Crippen LogP contribution in [0, 0.1) is 17.2 Å². The molecule has 3 rings (SSSR count). The Labute approximate surface area is 130 Å². The predicted molar refractivity (Wildman–Crippen MR) is 85.4 cm³/mol. The van der Waals surface area contributed by atoms with E-state index in [1.165, 1.54) is 17.7 Å². The van der Waals surface area contributed by atoms with E-state index in [0.717, 1.165) is 42.5 Å². The van der Waals surface area contributed by atoms with Crippen molar-refractivity contribution in [1.29, 1.82) is 0 Å². The van der Waals surface area contributed by atoms with Gasteiger partial charge in [-0.05, 0) is 62.1 Å². The second-order valence-electron chi connectivity index (χ2n) is 6.56. The van der Waals surface area contributed by atoms with Crippen LogP contribution in [0.1, 0.15) is 33.1 Å². The number of hydrazine groups is 1. The van der Waals surface area contributed by atoms with Crippen LogP contribution in [0.3, 0.4) is 0 Å². The van der Waals surface area contributed by atoms with E-state index in [2.05, 4.69) is 19.9 Å². The van der Waals surface area contributed by atoms with Crippen molar-refractivity contribution in [3.8, 4) is 0 Å². The second kappa shape index (κ2) is 5.36. The van der Waals surface area contributed by atoms with Gasteiger partial charge in [-0.25, -0.2) is 10.2 Å². The zero-order valence-corrected chi connectivity index (χ0v) is 13.0. The van der Waals surface area contributed by atoms with Gasteiger partial charge >= 0.3 is 0 Å². The lowest BCUT2D eigenvalue weighted by Gasteiger charge is -2.37. The lowest BCUT2D eigenvalue weighted by Crippen LogP contribution is -2.35. The molecule has 2 atom stereocenters. The summed E-state index contributed by atoms with van der Waals surface area (Å²) >= 11 is 0. The van der Waals surface area contributed by atoms with Crippen molar-refractivity contribution in [2.45, 2.75) is 33.1 Å². The van der Waals surface area contributed by atoms with E-state index in [4.69, 9.17) is 5.84 Å². The molecule has 0 amide bonds. The highest BCUT2D eigenvalue weighted by Crippen LogP contribution is 2.53. The van der Waals surface area contributed by atoms with E-state index < -0.39 is 0 Å². The van der Waals surface area contributed by atoms with Gasteiger partial charge in [0.25, 0.3) is 0 Å². The molecule has 1 saturated carbocycles. The van der Waals surface area contributed by atoms with Crippen molar-refractivity contribution in [2.24, 2.45) is 17.2 Å². The molecule has 0 aromatic heterocycles. The number of nitrogens with two attached hydrogens (primary N) is 1. The van der Waals surface area contributed by atoms with Gasteiger partial charge in [0, 0.05) is 11.3 Å². The van der Waals surface area contributed by atoms with Crippen LogP contribution in [0.5, 0.6) is 0 Å². The van der Waals surface area contributed by atoms with E-state index in [1.54, 1.807) is 17.1 Å². The third-order valence-corrected chi connectivity index (χ3v) is 5.19. The minimum absolute atomic E-state index is 0.0705. The van der Waals surface area contributed by atoms with Crippen molar-refractivity contribution in [2.75, 3.05) is 5.01 Å². The summed E-state index contributed by atoms with van der Waals surface area (Å²) in [6, 6.07) is 6.15. The van der Waals surface area contributed by atoms with Crippen LogP contribution in [0.4, 0.5) is 10.1 Å². The summed E-state index contributed by atoms with van der Waals surface area (Å²) in [5.74, 6) is 6.06. The number of hydrogen-bond acceptors (Lipinski definition) is 3. The fourth-order valence-corrected chi connectivity index (χ4v) is 3.80. The molecule has 0 radical (unpaired) electrons. The molecule has 0 aliphatic heterocycles. The second-order valence-corrected chi connectivity index (χ2v) is 6.56. The molecule has 3 nitrogen and oxygen atoms in total. The zero-order chi connectivity index (χ0) is 15.9. The minimum atomic E-state index is -0.276. The van der Waals surface area contributed by atoms with Crippen LogP contribution in [-0.4, -0.2) is 6.29 Å². The van der Waals surface area contributed by atoms with Crippen molar-refractivity contribution in [3.63, 3.8) is 0 Å². The lowest BCUT2D eigenvalue weighted by atomic mass is 9.70. The number of carbonyl (C=O) groups excluding carboxylic acids is 1. The summed E-state index contributed by atoms with van der Waals surface area (Å²) < 4.78 is 13.1. The van der Waals surface area contributed by atoms with Gasteiger partial charge in [-0.1, -0.05) is 12.5 Å². The fourth-order valence-electron chi connectivity index (χ4n) is 3.80. The van der Waals surface area contributed by atoms with Crippen molar-refractivity contribution in [1.82, 2.24) is 0 Å². The molecule has 0 bridgehead atoms. The highest BCUT2D eigenvalue weighted by Gasteiger charge is 2.44. The van der Waals surface area contributed by atoms with E-state index in [9.17, 15) is 9.18 Å². The number of carbonyl (C=O) groups is 1. The number of anilines is 1. The third kappa shape index (κ3) is 2.28. The van der Waals surface area contributed by atoms with E-state index >= 15 is 0 Å². The Morgan fingerprint density at radius 1 is 1.36 bits per heavy atom. The van der Waals surface area contributed by atoms with E-state index in [-0.39, 0.29) is 17.2 Å². The summed E-state index contributed by atoms with van der Waals surface area (Å²) in [6.45, 7) is 4.22. The summed E-state index contributed by atoms with van der Waals surface area (Å²) in [5.41, 5.74) is 4.08. The Kier molecular flexibility index (Phi) is 3.65. The lowest BCUT2D eigenvalue weighted by molar-refractivity contribution is -0.113. The van der Waals surface area contributed by atoms with Gasteiger partial charge in [0.05, 0.1) is 11.4 Å². The molecule has 2 aliphatic carbocycles. The van der Waals surface area contributed by atoms with Crippen LogP contribution in [-0.2, 0) is 4.79 Å². The number of halogens is 1. The molecule has 116 valence electrons. The number of rotatable bonds is 3. The Hall–Kier alpha value is -1.94. The summed E-state index contributed by atoms with van der Waals surface area (Å²) in [6.07, 6.45) is 5.90. The largest absolute Gasteiger partial charge is 0.303 e. The Morgan fingerprint density at radius 2 is 2.05 bits per heavy atom. The van der Waals surface area contributed by atoms with Crippen LogP contribution >= 0.6 is 0 Å². The van der Waals surface area contributed by atoms with Crippen molar-refractivity contribution >= 4 is 12.0 Å². The quantitative estimate of drug-likeness (QED) is 0.525. The molecule has 22 heavy (non-hydrogen) atoms. The monoisotopic (exact) mass is 300 g/mol. The first-order chi connectivity index (χ1) is 10.5. The Bertz CT molecular complexity index is 662. The highest BCUT2D eigenvalue weighted by molar-refractivity contribution is 5.62. The van der Waals surface area contributed by atoms with Gasteiger partial charge in [-0.3, -0.25) is 5.01 Å². The number of fused-ring (bicyclic) bond motifs is 1. The first-order valence-electron chi connectivity index (χ1n) is 7.62. The molecule has 1 fully saturated rings. The van der Waals surface area contributed by atoms with E-state index in [0.29, 0.717) is 0 Å². The van der Waals surface area contributed by atoms with E-state index in [1.807, 2.05) is 0 Å². The van der Waals surface area contributed by atoms with Crippen LogP contribution in [0.25, 0.3) is 0 Å². The average Bonchev–Trinajstić information content (AvgIpc) is 2.81. The fraction of sp³-hybridized carbons (Fsp3) is 0.389. The zero-order valence-electron chi connectivity index (χ0n) is 13.0. The van der Waals surface area contributed by atoms with Crippen LogP contribution in [0.2, 0.25) is 0 Å². The SMILES string of the molecule is CC1=C(N(N)c2ccc(F)cc2)C=C2CCC(C=O)C2(C)C1. The normalized spacial score (nSPS) is 27.5. The smallest absolute Gasteiger partial charge is 0.123 e. The third-order valence-electron chi connectivity index (χ3n) is 5.19.